The van der Waals surface area contributed by atoms with Crippen molar-refractivity contribution in [1.82, 2.24) is 4.98 Å². The van der Waals surface area contributed by atoms with Crippen LogP contribution < -0.4 is 14.9 Å². The van der Waals surface area contributed by atoms with E-state index in [1.807, 2.05) is 29.6 Å². The minimum atomic E-state index is 0.253. The Bertz CT molecular complexity index is 959. The maximum absolute atomic E-state index is 6.21. The number of ether oxygens (including phenoxy) is 2. The van der Waals surface area contributed by atoms with E-state index in [-0.39, 0.29) is 6.79 Å². The molecule has 126 valence electrons. The minimum Gasteiger partial charge on any atom is -0.454 e. The zero-order chi connectivity index (χ0) is 17.2. The van der Waals surface area contributed by atoms with Crippen molar-refractivity contribution in [3.63, 3.8) is 0 Å². The van der Waals surface area contributed by atoms with E-state index in [1.165, 1.54) is 11.3 Å². The van der Waals surface area contributed by atoms with Crippen LogP contribution in [0.15, 0.2) is 46.9 Å². The van der Waals surface area contributed by atoms with Gasteiger partial charge in [0.15, 0.2) is 11.5 Å². The fourth-order valence-corrected chi connectivity index (χ4v) is 3.47. The van der Waals surface area contributed by atoms with Gasteiger partial charge in [0, 0.05) is 16.0 Å². The number of aromatic nitrogens is 1. The Hall–Kier alpha value is -2.28. The van der Waals surface area contributed by atoms with Crippen LogP contribution in [0, 0.1) is 0 Å². The molecule has 0 spiro atoms. The third-order valence-corrected chi connectivity index (χ3v) is 4.78. The van der Waals surface area contributed by atoms with Gasteiger partial charge in [-0.05, 0) is 42.0 Å². The van der Waals surface area contributed by atoms with Crippen molar-refractivity contribution in [2.75, 3.05) is 12.2 Å². The summed E-state index contributed by atoms with van der Waals surface area (Å²) in [5.74, 6) is 1.47. The Morgan fingerprint density at radius 3 is 2.88 bits per heavy atom. The molecule has 0 saturated carbocycles. The summed E-state index contributed by atoms with van der Waals surface area (Å²) in [4.78, 5) is 4.48. The summed E-state index contributed by atoms with van der Waals surface area (Å²) in [6.45, 7) is 0.253. The number of anilines is 1. The van der Waals surface area contributed by atoms with Gasteiger partial charge >= 0.3 is 0 Å². The highest BCUT2D eigenvalue weighted by molar-refractivity contribution is 7.14. The Morgan fingerprint density at radius 2 is 2.00 bits per heavy atom. The fourth-order valence-electron chi connectivity index (χ4n) is 2.30. The third-order valence-electron chi connectivity index (χ3n) is 3.48. The van der Waals surface area contributed by atoms with Crippen LogP contribution in [0.5, 0.6) is 11.5 Å². The quantitative estimate of drug-likeness (QED) is 0.484. The molecule has 1 aromatic heterocycles. The summed E-state index contributed by atoms with van der Waals surface area (Å²) in [7, 11) is 0. The highest BCUT2D eigenvalue weighted by atomic mass is 35.5. The summed E-state index contributed by atoms with van der Waals surface area (Å²) in [5.41, 5.74) is 5.41. The molecule has 2 aromatic carbocycles. The highest BCUT2D eigenvalue weighted by Crippen LogP contribution is 2.33. The molecule has 0 amide bonds. The van der Waals surface area contributed by atoms with Crippen molar-refractivity contribution < 1.29 is 9.47 Å². The second-order valence-electron chi connectivity index (χ2n) is 5.14. The molecule has 1 aliphatic rings. The molecular weight excluding hydrogens is 381 g/mol. The number of hydrazone groups is 1. The maximum atomic E-state index is 6.21. The topological polar surface area (TPSA) is 55.7 Å². The van der Waals surface area contributed by atoms with Crippen LogP contribution in [0.3, 0.4) is 0 Å². The van der Waals surface area contributed by atoms with Gasteiger partial charge in [0.05, 0.1) is 16.9 Å². The number of halogens is 2. The number of benzene rings is 2. The standard InChI is InChI=1S/C17H11Cl2N3O2S/c18-11-2-3-12(13(19)6-11)14-8-25-17(21-14)22-20-7-10-1-4-15-16(5-10)24-9-23-15/h1-8H,9H2,(H,21,22). The number of thiazole rings is 1. The smallest absolute Gasteiger partial charge is 0.231 e. The van der Waals surface area contributed by atoms with E-state index < -0.39 is 0 Å². The maximum Gasteiger partial charge on any atom is 0.231 e. The normalized spacial score (nSPS) is 12.7. The first-order valence-corrected chi connectivity index (χ1v) is 8.92. The monoisotopic (exact) mass is 391 g/mol. The molecule has 1 aliphatic heterocycles. The summed E-state index contributed by atoms with van der Waals surface area (Å²) in [6.07, 6.45) is 1.69. The summed E-state index contributed by atoms with van der Waals surface area (Å²) in [5, 5.41) is 7.93. The average Bonchev–Trinajstić information content (AvgIpc) is 3.23. The van der Waals surface area contributed by atoms with Gasteiger partial charge in [-0.3, -0.25) is 5.43 Å². The van der Waals surface area contributed by atoms with Gasteiger partial charge in [-0.25, -0.2) is 4.98 Å². The third kappa shape index (κ3) is 3.56. The van der Waals surface area contributed by atoms with Crippen molar-refractivity contribution in [3.05, 3.63) is 57.4 Å². The van der Waals surface area contributed by atoms with E-state index in [2.05, 4.69) is 15.5 Å². The average molecular weight is 392 g/mol. The second-order valence-corrected chi connectivity index (χ2v) is 6.85. The summed E-state index contributed by atoms with van der Waals surface area (Å²) in [6, 6.07) is 11.0. The largest absolute Gasteiger partial charge is 0.454 e. The SMILES string of the molecule is Clc1ccc(-c2csc(NN=Cc3ccc4c(c3)OCO4)n2)c(Cl)c1. The van der Waals surface area contributed by atoms with Crippen LogP contribution in [-0.2, 0) is 0 Å². The molecule has 0 fully saturated rings. The van der Waals surface area contributed by atoms with Crippen LogP contribution in [-0.4, -0.2) is 18.0 Å². The van der Waals surface area contributed by atoms with Crippen molar-refractivity contribution in [3.8, 4) is 22.8 Å². The number of nitrogens with zero attached hydrogens (tertiary/aromatic N) is 2. The van der Waals surface area contributed by atoms with E-state index in [9.17, 15) is 0 Å². The van der Waals surface area contributed by atoms with Crippen molar-refractivity contribution in [1.29, 1.82) is 0 Å². The highest BCUT2D eigenvalue weighted by Gasteiger charge is 2.12. The lowest BCUT2D eigenvalue weighted by Gasteiger charge is -2.00. The van der Waals surface area contributed by atoms with Gasteiger partial charge in [-0.1, -0.05) is 23.2 Å². The van der Waals surface area contributed by atoms with Gasteiger partial charge in [-0.2, -0.15) is 5.10 Å². The summed E-state index contributed by atoms with van der Waals surface area (Å²) < 4.78 is 10.6. The zero-order valence-electron chi connectivity index (χ0n) is 12.7. The Morgan fingerprint density at radius 1 is 1.12 bits per heavy atom. The van der Waals surface area contributed by atoms with E-state index in [0.717, 1.165) is 28.3 Å². The van der Waals surface area contributed by atoms with Crippen molar-refractivity contribution in [2.45, 2.75) is 0 Å². The van der Waals surface area contributed by atoms with Gasteiger partial charge in [0.25, 0.3) is 0 Å². The number of fused-ring (bicyclic) bond motifs is 1. The molecule has 3 aromatic rings. The predicted molar refractivity (Wildman–Crippen MR) is 101 cm³/mol. The molecule has 0 unspecified atom stereocenters. The number of hydrogen-bond donors (Lipinski definition) is 1. The van der Waals surface area contributed by atoms with Crippen LogP contribution in [0.2, 0.25) is 10.0 Å². The van der Waals surface area contributed by atoms with E-state index in [1.54, 1.807) is 18.3 Å². The predicted octanol–water partition coefficient (Wildman–Crippen LogP) is 5.29. The first-order valence-electron chi connectivity index (χ1n) is 7.29. The number of rotatable bonds is 4. The fraction of sp³-hybridized carbons (Fsp3) is 0.0588. The Balaban J connectivity index is 1.46. The van der Waals surface area contributed by atoms with Crippen LogP contribution >= 0.6 is 34.5 Å². The van der Waals surface area contributed by atoms with Crippen LogP contribution in [0.4, 0.5) is 5.13 Å². The lowest BCUT2D eigenvalue weighted by molar-refractivity contribution is 0.174. The lowest BCUT2D eigenvalue weighted by Crippen LogP contribution is -1.93. The van der Waals surface area contributed by atoms with Gasteiger partial charge in [0.1, 0.15) is 0 Å². The molecule has 25 heavy (non-hydrogen) atoms. The zero-order valence-corrected chi connectivity index (χ0v) is 15.0. The molecule has 0 atom stereocenters. The van der Waals surface area contributed by atoms with E-state index in [4.69, 9.17) is 32.7 Å². The first kappa shape index (κ1) is 16.2. The lowest BCUT2D eigenvalue weighted by atomic mass is 10.2. The molecule has 2 heterocycles. The van der Waals surface area contributed by atoms with Gasteiger partial charge in [0.2, 0.25) is 11.9 Å². The Kier molecular flexibility index (Phi) is 4.48. The number of nitrogens with one attached hydrogen (secondary N) is 1. The van der Waals surface area contributed by atoms with E-state index in [0.29, 0.717) is 15.2 Å². The molecule has 0 radical (unpaired) electrons. The van der Waals surface area contributed by atoms with Crippen LogP contribution in [0.25, 0.3) is 11.3 Å². The number of hydrogen-bond acceptors (Lipinski definition) is 6. The molecule has 5 nitrogen and oxygen atoms in total. The molecule has 0 saturated heterocycles. The van der Waals surface area contributed by atoms with Crippen molar-refractivity contribution >= 4 is 45.9 Å². The van der Waals surface area contributed by atoms with Crippen molar-refractivity contribution in [2.24, 2.45) is 5.10 Å². The van der Waals surface area contributed by atoms with Gasteiger partial charge < -0.3 is 9.47 Å². The summed E-state index contributed by atoms with van der Waals surface area (Å²) >= 11 is 13.6. The molecule has 1 N–H and O–H groups in total. The molecule has 0 bridgehead atoms. The van der Waals surface area contributed by atoms with E-state index >= 15 is 0 Å². The molecule has 0 aliphatic carbocycles. The first-order chi connectivity index (χ1) is 12.2. The van der Waals surface area contributed by atoms with Gasteiger partial charge in [-0.15, -0.1) is 11.3 Å². The van der Waals surface area contributed by atoms with Crippen LogP contribution in [0.1, 0.15) is 5.56 Å². The molecule has 8 heteroatoms. The minimum absolute atomic E-state index is 0.253. The molecule has 4 rings (SSSR count). The molecular formula is C17H11Cl2N3O2S. The second kappa shape index (κ2) is 6.92. The Labute approximate surface area is 157 Å².